The fourth-order valence-electron chi connectivity index (χ4n) is 2.78. The molecule has 112 valence electrons. The van der Waals surface area contributed by atoms with Crippen molar-refractivity contribution in [3.05, 3.63) is 29.8 Å². The molecule has 1 aliphatic heterocycles. The molecule has 0 amide bonds. The molecule has 0 radical (unpaired) electrons. The molecule has 0 aromatic heterocycles. The molecule has 1 unspecified atom stereocenters. The largest absolute Gasteiger partial charge is 0.494 e. The molecule has 1 fully saturated rings. The number of piperidine rings is 1. The summed E-state index contributed by atoms with van der Waals surface area (Å²) in [7, 11) is 0. The molecule has 2 rings (SSSR count). The van der Waals surface area contributed by atoms with Crippen LogP contribution >= 0.6 is 0 Å². The summed E-state index contributed by atoms with van der Waals surface area (Å²) < 4.78 is 5.46. The maximum atomic E-state index is 5.46. The van der Waals surface area contributed by atoms with Gasteiger partial charge in [-0.2, -0.15) is 0 Å². The predicted molar refractivity (Wildman–Crippen MR) is 84.2 cm³/mol. The lowest BCUT2D eigenvalue weighted by molar-refractivity contribution is 0.170. The van der Waals surface area contributed by atoms with Gasteiger partial charge in [-0.1, -0.05) is 18.6 Å². The molecule has 0 aliphatic carbocycles. The van der Waals surface area contributed by atoms with Gasteiger partial charge in [0.2, 0.25) is 0 Å². The zero-order valence-corrected chi connectivity index (χ0v) is 12.9. The second kappa shape index (κ2) is 8.28. The number of benzene rings is 1. The minimum absolute atomic E-state index is 0.637. The van der Waals surface area contributed by atoms with Gasteiger partial charge in [0.05, 0.1) is 6.61 Å². The summed E-state index contributed by atoms with van der Waals surface area (Å²) in [5, 5.41) is 3.57. The topological polar surface area (TPSA) is 24.5 Å². The van der Waals surface area contributed by atoms with Crippen LogP contribution in [0, 0.1) is 0 Å². The van der Waals surface area contributed by atoms with Gasteiger partial charge in [-0.25, -0.2) is 0 Å². The van der Waals surface area contributed by atoms with Crippen molar-refractivity contribution in [2.75, 3.05) is 26.2 Å². The Morgan fingerprint density at radius 2 is 1.85 bits per heavy atom. The van der Waals surface area contributed by atoms with Crippen molar-refractivity contribution in [2.24, 2.45) is 0 Å². The standard InChI is InChI=1S/C17H28N2O/c1-3-20-17-9-7-16(8-10-17)14-18-13-15(2)19-11-5-4-6-12-19/h7-10,15,18H,3-6,11-14H2,1-2H3. The van der Waals surface area contributed by atoms with Crippen LogP contribution in [0.4, 0.5) is 0 Å². The highest BCUT2D eigenvalue weighted by molar-refractivity contribution is 5.27. The maximum Gasteiger partial charge on any atom is 0.119 e. The fourth-order valence-corrected chi connectivity index (χ4v) is 2.78. The zero-order chi connectivity index (χ0) is 14.2. The van der Waals surface area contributed by atoms with Gasteiger partial charge in [0.25, 0.3) is 0 Å². The highest BCUT2D eigenvalue weighted by Crippen LogP contribution is 2.13. The first-order valence-corrected chi connectivity index (χ1v) is 7.96. The molecule has 1 aromatic rings. The van der Waals surface area contributed by atoms with Crippen LogP contribution in [0.3, 0.4) is 0 Å². The van der Waals surface area contributed by atoms with Gasteiger partial charge in [-0.15, -0.1) is 0 Å². The predicted octanol–water partition coefficient (Wildman–Crippen LogP) is 3.05. The van der Waals surface area contributed by atoms with Gasteiger partial charge in [0.1, 0.15) is 5.75 Å². The summed E-state index contributed by atoms with van der Waals surface area (Å²) in [6.45, 7) is 9.61. The molecule has 1 N–H and O–H groups in total. The van der Waals surface area contributed by atoms with E-state index < -0.39 is 0 Å². The summed E-state index contributed by atoms with van der Waals surface area (Å²) in [5.41, 5.74) is 1.32. The molecular weight excluding hydrogens is 248 g/mol. The van der Waals surface area contributed by atoms with Crippen LogP contribution in [0.15, 0.2) is 24.3 Å². The molecule has 1 aromatic carbocycles. The lowest BCUT2D eigenvalue weighted by atomic mass is 10.1. The van der Waals surface area contributed by atoms with Crippen LogP contribution < -0.4 is 10.1 Å². The first kappa shape index (κ1) is 15.3. The molecule has 1 aliphatic rings. The maximum absolute atomic E-state index is 5.46. The van der Waals surface area contributed by atoms with Gasteiger partial charge in [-0.3, -0.25) is 4.90 Å². The van der Waals surface area contributed by atoms with Crippen molar-refractivity contribution in [3.8, 4) is 5.75 Å². The highest BCUT2D eigenvalue weighted by atomic mass is 16.5. The first-order chi connectivity index (χ1) is 9.79. The fraction of sp³-hybridized carbons (Fsp3) is 0.647. The third-order valence-corrected chi connectivity index (χ3v) is 4.02. The molecule has 0 bridgehead atoms. The molecule has 0 spiro atoms. The van der Waals surface area contributed by atoms with E-state index in [4.69, 9.17) is 4.74 Å². The van der Waals surface area contributed by atoms with E-state index in [1.165, 1.54) is 37.9 Å². The number of hydrogen-bond acceptors (Lipinski definition) is 3. The van der Waals surface area contributed by atoms with Crippen LogP contribution in [0.2, 0.25) is 0 Å². The average molecular weight is 276 g/mol. The molecule has 1 heterocycles. The van der Waals surface area contributed by atoms with E-state index in [0.29, 0.717) is 6.04 Å². The molecular formula is C17H28N2O. The van der Waals surface area contributed by atoms with Crippen molar-refractivity contribution in [3.63, 3.8) is 0 Å². The van der Waals surface area contributed by atoms with E-state index in [2.05, 4.69) is 41.4 Å². The van der Waals surface area contributed by atoms with Gasteiger partial charge >= 0.3 is 0 Å². The summed E-state index contributed by atoms with van der Waals surface area (Å²) in [6.07, 6.45) is 4.13. The number of hydrogen-bond donors (Lipinski definition) is 1. The van der Waals surface area contributed by atoms with Crippen LogP contribution in [-0.2, 0) is 6.54 Å². The van der Waals surface area contributed by atoms with E-state index >= 15 is 0 Å². The van der Waals surface area contributed by atoms with Gasteiger partial charge in [-0.05, 0) is 57.5 Å². The molecule has 1 atom stereocenters. The third-order valence-electron chi connectivity index (χ3n) is 4.02. The Labute approximate surface area is 123 Å². The van der Waals surface area contributed by atoms with Gasteiger partial charge in [0, 0.05) is 19.1 Å². The molecule has 0 saturated carbocycles. The third kappa shape index (κ3) is 4.80. The van der Waals surface area contributed by atoms with E-state index in [1.807, 2.05) is 6.92 Å². The van der Waals surface area contributed by atoms with Crippen molar-refractivity contribution in [2.45, 2.75) is 45.7 Å². The average Bonchev–Trinajstić information content (AvgIpc) is 2.50. The lowest BCUT2D eigenvalue weighted by Crippen LogP contribution is -2.42. The number of nitrogens with one attached hydrogen (secondary N) is 1. The minimum Gasteiger partial charge on any atom is -0.494 e. The first-order valence-electron chi connectivity index (χ1n) is 7.96. The smallest absolute Gasteiger partial charge is 0.119 e. The van der Waals surface area contributed by atoms with Crippen LogP contribution in [-0.4, -0.2) is 37.2 Å². The van der Waals surface area contributed by atoms with E-state index in [-0.39, 0.29) is 0 Å². The normalized spacial score (nSPS) is 17.9. The summed E-state index contributed by atoms with van der Waals surface area (Å²) in [4.78, 5) is 2.61. The summed E-state index contributed by atoms with van der Waals surface area (Å²) in [6, 6.07) is 9.02. The van der Waals surface area contributed by atoms with Crippen LogP contribution in [0.5, 0.6) is 5.75 Å². The second-order valence-corrected chi connectivity index (χ2v) is 5.65. The Morgan fingerprint density at radius 1 is 1.15 bits per heavy atom. The molecule has 3 nitrogen and oxygen atoms in total. The highest BCUT2D eigenvalue weighted by Gasteiger charge is 2.15. The number of rotatable bonds is 7. The number of nitrogens with zero attached hydrogens (tertiary/aromatic N) is 1. The van der Waals surface area contributed by atoms with E-state index in [1.54, 1.807) is 0 Å². The van der Waals surface area contributed by atoms with Gasteiger partial charge in [0.15, 0.2) is 0 Å². The Morgan fingerprint density at radius 3 is 2.50 bits per heavy atom. The zero-order valence-electron chi connectivity index (χ0n) is 12.9. The van der Waals surface area contributed by atoms with Crippen molar-refractivity contribution < 1.29 is 4.74 Å². The SMILES string of the molecule is CCOc1ccc(CNCC(C)N2CCCCC2)cc1. The van der Waals surface area contributed by atoms with Gasteiger partial charge < -0.3 is 10.1 Å². The minimum atomic E-state index is 0.637. The van der Waals surface area contributed by atoms with E-state index in [9.17, 15) is 0 Å². The molecule has 1 saturated heterocycles. The quantitative estimate of drug-likeness (QED) is 0.828. The second-order valence-electron chi connectivity index (χ2n) is 5.65. The van der Waals surface area contributed by atoms with E-state index in [0.717, 1.165) is 25.4 Å². The lowest BCUT2D eigenvalue weighted by Gasteiger charge is -2.32. The number of likely N-dealkylation sites (tertiary alicyclic amines) is 1. The monoisotopic (exact) mass is 276 g/mol. The van der Waals surface area contributed by atoms with Crippen molar-refractivity contribution in [1.29, 1.82) is 0 Å². The number of ether oxygens (including phenoxy) is 1. The Hall–Kier alpha value is -1.06. The Kier molecular flexibility index (Phi) is 6.34. The Bertz CT molecular complexity index is 371. The van der Waals surface area contributed by atoms with Crippen LogP contribution in [0.25, 0.3) is 0 Å². The van der Waals surface area contributed by atoms with Crippen molar-refractivity contribution in [1.82, 2.24) is 10.2 Å². The molecule has 3 heteroatoms. The van der Waals surface area contributed by atoms with Crippen molar-refractivity contribution >= 4 is 0 Å². The van der Waals surface area contributed by atoms with Crippen LogP contribution in [0.1, 0.15) is 38.7 Å². The summed E-state index contributed by atoms with van der Waals surface area (Å²) in [5.74, 6) is 0.956. The molecule has 20 heavy (non-hydrogen) atoms. The summed E-state index contributed by atoms with van der Waals surface area (Å²) >= 11 is 0. The Balaban J connectivity index is 1.69.